The minimum atomic E-state index is -0.420. The maximum Gasteiger partial charge on any atom is 0.266 e. The minimum absolute atomic E-state index is 0.0692. The fraction of sp³-hybridized carbons (Fsp3) is 0.429. The molecular formula is C28H35N3O2. The van der Waals surface area contributed by atoms with Gasteiger partial charge in [0.05, 0.1) is 6.61 Å². The Labute approximate surface area is 198 Å². The van der Waals surface area contributed by atoms with Gasteiger partial charge in [0.25, 0.3) is 5.91 Å². The summed E-state index contributed by atoms with van der Waals surface area (Å²) in [5, 5.41) is 12.5. The van der Waals surface area contributed by atoms with Gasteiger partial charge in [0, 0.05) is 23.0 Å². The van der Waals surface area contributed by atoms with Crippen LogP contribution >= 0.6 is 0 Å². The molecule has 1 aliphatic rings. The van der Waals surface area contributed by atoms with E-state index in [9.17, 15) is 10.1 Å². The summed E-state index contributed by atoms with van der Waals surface area (Å²) in [5.41, 5.74) is 5.24. The van der Waals surface area contributed by atoms with Crippen LogP contribution in [0.4, 0.5) is 11.4 Å². The van der Waals surface area contributed by atoms with Gasteiger partial charge >= 0.3 is 0 Å². The summed E-state index contributed by atoms with van der Waals surface area (Å²) < 4.78 is 5.44. The lowest BCUT2D eigenvalue weighted by molar-refractivity contribution is -0.112. The highest BCUT2D eigenvalue weighted by atomic mass is 16.5. The molecule has 33 heavy (non-hydrogen) atoms. The molecule has 1 aliphatic heterocycles. The van der Waals surface area contributed by atoms with Crippen molar-refractivity contribution in [3.63, 3.8) is 0 Å². The number of fused-ring (bicyclic) bond motifs is 1. The summed E-state index contributed by atoms with van der Waals surface area (Å²) >= 11 is 0. The van der Waals surface area contributed by atoms with Gasteiger partial charge in [-0.25, -0.2) is 0 Å². The van der Waals surface area contributed by atoms with Crippen LogP contribution in [0.2, 0.25) is 0 Å². The lowest BCUT2D eigenvalue weighted by atomic mass is 9.78. The van der Waals surface area contributed by atoms with Gasteiger partial charge in [-0.05, 0) is 113 Å². The second-order valence-corrected chi connectivity index (χ2v) is 9.73. The first-order valence-electron chi connectivity index (χ1n) is 11.7. The normalized spacial score (nSPS) is 17.4. The maximum atomic E-state index is 12.8. The molecule has 0 aromatic heterocycles. The van der Waals surface area contributed by atoms with E-state index >= 15 is 0 Å². The highest BCUT2D eigenvalue weighted by molar-refractivity contribution is 6.09. The number of nitrogens with zero attached hydrogens (tertiary/aromatic N) is 2. The van der Waals surface area contributed by atoms with E-state index in [-0.39, 0.29) is 11.1 Å². The Kier molecular flexibility index (Phi) is 7.17. The summed E-state index contributed by atoms with van der Waals surface area (Å²) in [5.74, 6) is 0.710. The molecule has 0 spiro atoms. The molecule has 0 unspecified atom stereocenters. The molecule has 0 radical (unpaired) electrons. The monoisotopic (exact) mass is 445 g/mol. The van der Waals surface area contributed by atoms with Crippen molar-refractivity contribution in [3.05, 3.63) is 58.7 Å². The molecule has 0 aliphatic carbocycles. The molecule has 174 valence electrons. The van der Waals surface area contributed by atoms with Gasteiger partial charge < -0.3 is 15.0 Å². The summed E-state index contributed by atoms with van der Waals surface area (Å²) in [4.78, 5) is 15.3. The topological polar surface area (TPSA) is 65.4 Å². The van der Waals surface area contributed by atoms with Crippen LogP contribution in [0.15, 0.2) is 42.0 Å². The third kappa shape index (κ3) is 5.22. The number of rotatable bonds is 6. The van der Waals surface area contributed by atoms with Crippen LogP contribution in [0.1, 0.15) is 70.6 Å². The standard InChI is InChI=1S/C28H35N3O2/c1-8-33-24-11-9-23(10-12-24)30-27(32)22(17-29)14-21-15-25-20(5)16-28(6,7)31(18(2)3)26(25)13-19(21)4/h9-15,18,20H,8,16H2,1-7H3,(H,30,32)/b22-14-/t20-/m0/s1. The number of hydrogen-bond donors (Lipinski definition) is 1. The van der Waals surface area contributed by atoms with Crippen molar-refractivity contribution in [1.29, 1.82) is 5.26 Å². The Balaban J connectivity index is 1.92. The molecule has 2 aromatic rings. The summed E-state index contributed by atoms with van der Waals surface area (Å²) in [6.45, 7) is 15.8. The van der Waals surface area contributed by atoms with Crippen molar-refractivity contribution in [2.24, 2.45) is 0 Å². The van der Waals surface area contributed by atoms with Gasteiger partial charge in [0.1, 0.15) is 17.4 Å². The molecule has 2 aromatic carbocycles. The van der Waals surface area contributed by atoms with Crippen molar-refractivity contribution in [2.45, 2.75) is 72.4 Å². The molecule has 1 amide bonds. The van der Waals surface area contributed by atoms with Gasteiger partial charge in [-0.3, -0.25) is 4.79 Å². The minimum Gasteiger partial charge on any atom is -0.494 e. The Morgan fingerprint density at radius 1 is 1.30 bits per heavy atom. The zero-order valence-corrected chi connectivity index (χ0v) is 20.8. The van der Waals surface area contributed by atoms with Crippen LogP contribution < -0.4 is 15.0 Å². The lowest BCUT2D eigenvalue weighted by Gasteiger charge is -2.50. The number of anilines is 2. The Hall–Kier alpha value is -3.26. The molecular weight excluding hydrogens is 410 g/mol. The van der Waals surface area contributed by atoms with Gasteiger partial charge in [-0.2, -0.15) is 5.26 Å². The van der Waals surface area contributed by atoms with E-state index in [2.05, 4.69) is 63.0 Å². The van der Waals surface area contributed by atoms with Crippen LogP contribution in [-0.2, 0) is 4.79 Å². The molecule has 0 saturated carbocycles. The first-order valence-corrected chi connectivity index (χ1v) is 11.7. The predicted octanol–water partition coefficient (Wildman–Crippen LogP) is 6.44. The number of nitrogens with one attached hydrogen (secondary N) is 1. The summed E-state index contributed by atoms with van der Waals surface area (Å²) in [6.07, 6.45) is 2.75. The van der Waals surface area contributed by atoms with E-state index in [4.69, 9.17) is 4.74 Å². The van der Waals surface area contributed by atoms with Crippen LogP contribution in [-0.4, -0.2) is 24.1 Å². The number of nitriles is 1. The summed E-state index contributed by atoms with van der Waals surface area (Å²) in [7, 11) is 0. The number of amides is 1. The van der Waals surface area contributed by atoms with Gasteiger partial charge in [0.2, 0.25) is 0 Å². The van der Waals surface area contributed by atoms with Crippen LogP contribution in [0.5, 0.6) is 5.75 Å². The number of hydrogen-bond acceptors (Lipinski definition) is 4. The van der Waals surface area contributed by atoms with Crippen molar-refractivity contribution < 1.29 is 9.53 Å². The molecule has 1 N–H and O–H groups in total. The Bertz CT molecular complexity index is 1090. The third-order valence-corrected chi connectivity index (χ3v) is 6.27. The van der Waals surface area contributed by atoms with E-state index < -0.39 is 5.91 Å². The molecule has 1 heterocycles. The van der Waals surface area contributed by atoms with Gasteiger partial charge in [0.15, 0.2) is 0 Å². The first-order chi connectivity index (χ1) is 15.6. The van der Waals surface area contributed by atoms with Gasteiger partial charge in [-0.15, -0.1) is 0 Å². The molecule has 0 bridgehead atoms. The second kappa shape index (κ2) is 9.70. The smallest absolute Gasteiger partial charge is 0.266 e. The predicted molar refractivity (Wildman–Crippen MR) is 136 cm³/mol. The Morgan fingerprint density at radius 3 is 2.55 bits per heavy atom. The first kappa shape index (κ1) is 24.4. The van der Waals surface area contributed by atoms with Crippen LogP contribution in [0, 0.1) is 18.3 Å². The average molecular weight is 446 g/mol. The molecule has 5 heteroatoms. The van der Waals surface area contributed by atoms with E-state index in [1.165, 1.54) is 11.3 Å². The maximum absolute atomic E-state index is 12.8. The second-order valence-electron chi connectivity index (χ2n) is 9.73. The number of benzene rings is 2. The number of carbonyl (C=O) groups is 1. The van der Waals surface area contributed by atoms with Crippen molar-refractivity contribution in [3.8, 4) is 11.8 Å². The van der Waals surface area contributed by atoms with Crippen molar-refractivity contribution >= 4 is 23.4 Å². The largest absolute Gasteiger partial charge is 0.494 e. The van der Waals surface area contributed by atoms with Gasteiger partial charge in [-0.1, -0.05) is 6.92 Å². The molecule has 5 nitrogen and oxygen atoms in total. The number of carbonyl (C=O) groups excluding carboxylic acids is 1. The van der Waals surface area contributed by atoms with E-state index in [1.54, 1.807) is 30.3 Å². The van der Waals surface area contributed by atoms with E-state index in [0.29, 0.717) is 24.3 Å². The SMILES string of the molecule is CCOc1ccc(NC(=O)/C(C#N)=C\c2cc3c(cc2C)N(C(C)C)C(C)(C)C[C@@H]3C)cc1. The number of aryl methyl sites for hydroxylation is 1. The molecule has 0 fully saturated rings. The molecule has 3 rings (SSSR count). The zero-order chi connectivity index (χ0) is 24.3. The van der Waals surface area contributed by atoms with E-state index in [1.807, 2.05) is 13.8 Å². The molecule has 1 atom stereocenters. The number of ether oxygens (including phenoxy) is 1. The zero-order valence-electron chi connectivity index (χ0n) is 20.8. The fourth-order valence-corrected chi connectivity index (χ4v) is 5.05. The van der Waals surface area contributed by atoms with Crippen LogP contribution in [0.3, 0.4) is 0 Å². The molecule has 0 saturated heterocycles. The average Bonchev–Trinajstić information content (AvgIpc) is 2.73. The highest BCUT2D eigenvalue weighted by Gasteiger charge is 2.37. The Morgan fingerprint density at radius 2 is 1.97 bits per heavy atom. The van der Waals surface area contributed by atoms with Crippen molar-refractivity contribution in [2.75, 3.05) is 16.8 Å². The highest BCUT2D eigenvalue weighted by Crippen LogP contribution is 2.45. The third-order valence-electron chi connectivity index (χ3n) is 6.27. The fourth-order valence-electron chi connectivity index (χ4n) is 5.05. The quantitative estimate of drug-likeness (QED) is 0.410. The summed E-state index contributed by atoms with van der Waals surface area (Å²) in [6, 6.07) is 13.9. The van der Waals surface area contributed by atoms with Crippen molar-refractivity contribution in [1.82, 2.24) is 0 Å². The van der Waals surface area contributed by atoms with Crippen LogP contribution in [0.25, 0.3) is 6.08 Å². The van der Waals surface area contributed by atoms with E-state index in [0.717, 1.165) is 23.3 Å². The lowest BCUT2D eigenvalue weighted by Crippen LogP contribution is -2.51.